The standard InChI is InChI=1S/C10H15N3O/c1-8(11)10(14)13-6-4-9-3-2-5-12-7-9/h2-3,5,7-8H,4,6,11H2,1H3,(H,13,14)/t8-/m0/s1. The average molecular weight is 193 g/mol. The van der Waals surface area contributed by atoms with Crippen LogP contribution in [0.5, 0.6) is 0 Å². The lowest BCUT2D eigenvalue weighted by Crippen LogP contribution is -2.39. The number of hydrogen-bond acceptors (Lipinski definition) is 3. The van der Waals surface area contributed by atoms with Crippen LogP contribution < -0.4 is 11.1 Å². The molecule has 1 heterocycles. The largest absolute Gasteiger partial charge is 0.354 e. The SMILES string of the molecule is C[C@H](N)C(=O)NCCc1cccnc1. The number of carbonyl (C=O) groups is 1. The van der Waals surface area contributed by atoms with E-state index in [4.69, 9.17) is 5.73 Å². The van der Waals surface area contributed by atoms with Crippen LogP contribution in [-0.4, -0.2) is 23.5 Å². The summed E-state index contributed by atoms with van der Waals surface area (Å²) in [6.07, 6.45) is 4.30. The third kappa shape index (κ3) is 3.53. The molecule has 1 aromatic rings. The smallest absolute Gasteiger partial charge is 0.236 e. The molecule has 0 unspecified atom stereocenters. The van der Waals surface area contributed by atoms with Crippen LogP contribution in [0, 0.1) is 0 Å². The first-order chi connectivity index (χ1) is 6.70. The number of hydrogen-bond donors (Lipinski definition) is 2. The summed E-state index contributed by atoms with van der Waals surface area (Å²) in [7, 11) is 0. The summed E-state index contributed by atoms with van der Waals surface area (Å²) in [6, 6.07) is 3.41. The zero-order chi connectivity index (χ0) is 10.4. The number of carbonyl (C=O) groups excluding carboxylic acids is 1. The number of amides is 1. The van der Waals surface area contributed by atoms with Gasteiger partial charge in [-0.1, -0.05) is 6.07 Å². The second kappa shape index (κ2) is 5.34. The van der Waals surface area contributed by atoms with Crippen LogP contribution in [-0.2, 0) is 11.2 Å². The molecule has 4 heteroatoms. The number of aromatic nitrogens is 1. The van der Waals surface area contributed by atoms with Crippen molar-refractivity contribution in [2.45, 2.75) is 19.4 Å². The van der Waals surface area contributed by atoms with E-state index < -0.39 is 6.04 Å². The highest BCUT2D eigenvalue weighted by molar-refractivity contribution is 5.80. The van der Waals surface area contributed by atoms with Gasteiger partial charge in [0.2, 0.25) is 5.91 Å². The maximum atomic E-state index is 11.1. The summed E-state index contributed by atoms with van der Waals surface area (Å²) in [5.74, 6) is -0.117. The molecule has 4 nitrogen and oxygen atoms in total. The van der Waals surface area contributed by atoms with Crippen LogP contribution in [0.25, 0.3) is 0 Å². The van der Waals surface area contributed by atoms with Crippen molar-refractivity contribution in [2.75, 3.05) is 6.54 Å². The maximum absolute atomic E-state index is 11.1. The van der Waals surface area contributed by atoms with Crippen LogP contribution in [0.3, 0.4) is 0 Å². The molecule has 0 spiro atoms. The molecule has 14 heavy (non-hydrogen) atoms. The molecule has 0 saturated heterocycles. The summed E-state index contributed by atoms with van der Waals surface area (Å²) < 4.78 is 0. The summed E-state index contributed by atoms with van der Waals surface area (Å²) in [4.78, 5) is 15.1. The Bertz CT molecular complexity index is 285. The first-order valence-corrected chi connectivity index (χ1v) is 4.62. The van der Waals surface area contributed by atoms with Gasteiger partial charge in [-0.2, -0.15) is 0 Å². The number of pyridine rings is 1. The highest BCUT2D eigenvalue weighted by Gasteiger charge is 2.05. The van der Waals surface area contributed by atoms with Gasteiger partial charge in [-0.15, -0.1) is 0 Å². The van der Waals surface area contributed by atoms with Crippen LogP contribution >= 0.6 is 0 Å². The minimum Gasteiger partial charge on any atom is -0.354 e. The van der Waals surface area contributed by atoms with Gasteiger partial charge in [0.25, 0.3) is 0 Å². The molecular formula is C10H15N3O. The van der Waals surface area contributed by atoms with Gasteiger partial charge in [0.1, 0.15) is 0 Å². The molecule has 76 valence electrons. The van der Waals surface area contributed by atoms with Gasteiger partial charge < -0.3 is 11.1 Å². The van der Waals surface area contributed by atoms with Crippen molar-refractivity contribution in [1.29, 1.82) is 0 Å². The predicted octanol–water partition coefficient (Wildman–Crippen LogP) is 0.0875. The van der Waals surface area contributed by atoms with Crippen molar-refractivity contribution in [3.63, 3.8) is 0 Å². The molecule has 0 saturated carbocycles. The molecule has 1 atom stereocenters. The van der Waals surface area contributed by atoms with Crippen LogP contribution in [0.15, 0.2) is 24.5 Å². The summed E-state index contributed by atoms with van der Waals surface area (Å²) in [5, 5.41) is 2.74. The van der Waals surface area contributed by atoms with E-state index in [9.17, 15) is 4.79 Å². The lowest BCUT2D eigenvalue weighted by atomic mass is 10.2. The topological polar surface area (TPSA) is 68.0 Å². The van der Waals surface area contributed by atoms with E-state index in [-0.39, 0.29) is 5.91 Å². The van der Waals surface area contributed by atoms with E-state index in [1.165, 1.54) is 0 Å². The molecule has 1 aromatic heterocycles. The minimum absolute atomic E-state index is 0.117. The minimum atomic E-state index is -0.441. The van der Waals surface area contributed by atoms with E-state index in [2.05, 4.69) is 10.3 Å². The Morgan fingerprint density at radius 1 is 1.71 bits per heavy atom. The maximum Gasteiger partial charge on any atom is 0.236 e. The molecule has 3 N–H and O–H groups in total. The van der Waals surface area contributed by atoms with Gasteiger partial charge in [-0.25, -0.2) is 0 Å². The van der Waals surface area contributed by atoms with Crippen molar-refractivity contribution < 1.29 is 4.79 Å². The normalized spacial score (nSPS) is 12.1. The molecule has 0 aromatic carbocycles. The lowest BCUT2D eigenvalue weighted by molar-refractivity contribution is -0.121. The lowest BCUT2D eigenvalue weighted by Gasteiger charge is -2.06. The summed E-state index contributed by atoms with van der Waals surface area (Å²) >= 11 is 0. The second-order valence-electron chi connectivity index (χ2n) is 3.19. The number of rotatable bonds is 4. The summed E-state index contributed by atoms with van der Waals surface area (Å²) in [5.41, 5.74) is 6.50. The Labute approximate surface area is 83.5 Å². The van der Waals surface area contributed by atoms with Crippen LogP contribution in [0.2, 0.25) is 0 Å². The Morgan fingerprint density at radius 3 is 3.07 bits per heavy atom. The molecule has 1 rings (SSSR count). The highest BCUT2D eigenvalue weighted by Crippen LogP contribution is 1.95. The van der Waals surface area contributed by atoms with Crippen molar-refractivity contribution in [1.82, 2.24) is 10.3 Å². The first-order valence-electron chi connectivity index (χ1n) is 4.62. The zero-order valence-corrected chi connectivity index (χ0v) is 8.23. The van der Waals surface area contributed by atoms with Crippen molar-refractivity contribution in [3.8, 4) is 0 Å². The predicted molar refractivity (Wildman–Crippen MR) is 54.6 cm³/mol. The quantitative estimate of drug-likeness (QED) is 0.712. The van der Waals surface area contributed by atoms with Crippen molar-refractivity contribution >= 4 is 5.91 Å². The monoisotopic (exact) mass is 193 g/mol. The Hall–Kier alpha value is -1.42. The average Bonchev–Trinajstić information content (AvgIpc) is 2.19. The molecule has 0 radical (unpaired) electrons. The van der Waals surface area contributed by atoms with E-state index in [1.54, 1.807) is 19.3 Å². The van der Waals surface area contributed by atoms with Gasteiger partial charge in [-0.05, 0) is 25.0 Å². The van der Waals surface area contributed by atoms with E-state index in [1.807, 2.05) is 12.1 Å². The zero-order valence-electron chi connectivity index (χ0n) is 8.23. The van der Waals surface area contributed by atoms with E-state index in [0.717, 1.165) is 12.0 Å². The Morgan fingerprint density at radius 2 is 2.50 bits per heavy atom. The Balaban J connectivity index is 2.26. The number of nitrogens with two attached hydrogens (primary N) is 1. The third-order valence-corrected chi connectivity index (χ3v) is 1.85. The van der Waals surface area contributed by atoms with Gasteiger partial charge in [0.15, 0.2) is 0 Å². The van der Waals surface area contributed by atoms with Crippen LogP contribution in [0.4, 0.5) is 0 Å². The molecule has 0 aliphatic carbocycles. The summed E-state index contributed by atoms with van der Waals surface area (Å²) in [6.45, 7) is 2.27. The number of nitrogens with zero attached hydrogens (tertiary/aromatic N) is 1. The molecule has 0 fully saturated rings. The molecule has 0 aliphatic heterocycles. The fourth-order valence-corrected chi connectivity index (χ4v) is 1.04. The molecule has 0 aliphatic rings. The van der Waals surface area contributed by atoms with Crippen molar-refractivity contribution in [2.24, 2.45) is 5.73 Å². The fraction of sp³-hybridized carbons (Fsp3) is 0.400. The molecular weight excluding hydrogens is 178 g/mol. The molecule has 0 bridgehead atoms. The van der Waals surface area contributed by atoms with E-state index >= 15 is 0 Å². The first kappa shape index (κ1) is 10.7. The number of nitrogens with one attached hydrogen (secondary N) is 1. The molecule has 1 amide bonds. The van der Waals surface area contributed by atoms with Crippen LogP contribution in [0.1, 0.15) is 12.5 Å². The third-order valence-electron chi connectivity index (χ3n) is 1.85. The second-order valence-corrected chi connectivity index (χ2v) is 3.19. The Kier molecular flexibility index (Phi) is 4.07. The van der Waals surface area contributed by atoms with E-state index in [0.29, 0.717) is 6.54 Å². The highest BCUT2D eigenvalue weighted by atomic mass is 16.2. The van der Waals surface area contributed by atoms with Gasteiger partial charge >= 0.3 is 0 Å². The van der Waals surface area contributed by atoms with Gasteiger partial charge in [0.05, 0.1) is 6.04 Å². The van der Waals surface area contributed by atoms with Crippen molar-refractivity contribution in [3.05, 3.63) is 30.1 Å². The van der Waals surface area contributed by atoms with Gasteiger partial charge in [0, 0.05) is 18.9 Å². The fourth-order valence-electron chi connectivity index (χ4n) is 1.04. The van der Waals surface area contributed by atoms with Gasteiger partial charge in [-0.3, -0.25) is 9.78 Å².